The lowest BCUT2D eigenvalue weighted by molar-refractivity contribution is -0.136. The first-order chi connectivity index (χ1) is 14.2. The lowest BCUT2D eigenvalue weighted by Gasteiger charge is -2.14. The molecular formula is C21H24N6O3. The average Bonchev–Trinajstić information content (AvgIpc) is 3.08. The number of aromatic nitrogens is 4. The van der Waals surface area contributed by atoms with Gasteiger partial charge in [0.15, 0.2) is 0 Å². The zero-order valence-corrected chi connectivity index (χ0v) is 17.3. The van der Waals surface area contributed by atoms with Crippen LogP contribution < -0.4 is 16.2 Å². The number of aryl methyl sites for hydroxylation is 1. The van der Waals surface area contributed by atoms with Crippen LogP contribution >= 0.6 is 0 Å². The Morgan fingerprint density at radius 3 is 2.43 bits per heavy atom. The van der Waals surface area contributed by atoms with Crippen LogP contribution in [-0.2, 0) is 9.59 Å². The van der Waals surface area contributed by atoms with Crippen LogP contribution in [0.25, 0.3) is 5.95 Å². The lowest BCUT2D eigenvalue weighted by atomic mass is 10.1. The molecule has 3 N–H and O–H groups in total. The highest BCUT2D eigenvalue weighted by Gasteiger charge is 2.20. The van der Waals surface area contributed by atoms with Crippen LogP contribution in [0.2, 0.25) is 0 Å². The van der Waals surface area contributed by atoms with Gasteiger partial charge < -0.3 is 10.6 Å². The molecule has 0 bridgehead atoms. The first-order valence-corrected chi connectivity index (χ1v) is 9.59. The van der Waals surface area contributed by atoms with Gasteiger partial charge in [-0.3, -0.25) is 19.4 Å². The largest absolute Gasteiger partial charge is 0.341 e. The molecule has 1 aromatic carbocycles. The van der Waals surface area contributed by atoms with E-state index < -0.39 is 11.8 Å². The molecule has 2 aromatic heterocycles. The summed E-state index contributed by atoms with van der Waals surface area (Å²) < 4.78 is 1.30. The van der Waals surface area contributed by atoms with Crippen molar-refractivity contribution < 1.29 is 9.59 Å². The van der Waals surface area contributed by atoms with E-state index in [1.54, 1.807) is 19.9 Å². The Kier molecular flexibility index (Phi) is 6.10. The number of rotatable bonds is 5. The van der Waals surface area contributed by atoms with Gasteiger partial charge in [-0.05, 0) is 25.3 Å². The van der Waals surface area contributed by atoms with Gasteiger partial charge >= 0.3 is 11.8 Å². The van der Waals surface area contributed by atoms with Crippen molar-refractivity contribution in [1.29, 1.82) is 0 Å². The average molecular weight is 408 g/mol. The van der Waals surface area contributed by atoms with Crippen LogP contribution in [-0.4, -0.2) is 31.6 Å². The molecule has 2 amide bonds. The Morgan fingerprint density at radius 2 is 1.77 bits per heavy atom. The second kappa shape index (κ2) is 8.73. The van der Waals surface area contributed by atoms with Gasteiger partial charge in [0.05, 0.1) is 17.4 Å². The number of aromatic amines is 1. The first kappa shape index (κ1) is 21.0. The fourth-order valence-corrected chi connectivity index (χ4v) is 2.87. The summed E-state index contributed by atoms with van der Waals surface area (Å²) in [5.41, 5.74) is 1.73. The highest BCUT2D eigenvalue weighted by atomic mass is 16.2. The summed E-state index contributed by atoms with van der Waals surface area (Å²) in [6.45, 7) is 7.36. The Balaban J connectivity index is 1.80. The molecule has 9 heteroatoms. The monoisotopic (exact) mass is 408 g/mol. The Morgan fingerprint density at radius 1 is 1.07 bits per heavy atom. The normalized spacial score (nSPS) is 11.9. The molecular weight excluding hydrogens is 384 g/mol. The van der Waals surface area contributed by atoms with E-state index in [-0.39, 0.29) is 29.3 Å². The van der Waals surface area contributed by atoms with Crippen molar-refractivity contribution in [1.82, 2.24) is 25.1 Å². The van der Waals surface area contributed by atoms with Crippen molar-refractivity contribution in [2.24, 2.45) is 0 Å². The van der Waals surface area contributed by atoms with Gasteiger partial charge in [-0.1, -0.05) is 44.2 Å². The fourth-order valence-electron chi connectivity index (χ4n) is 2.87. The fraction of sp³-hybridized carbons (Fsp3) is 0.286. The molecule has 0 radical (unpaired) electrons. The summed E-state index contributed by atoms with van der Waals surface area (Å²) in [7, 11) is 0. The molecule has 1 atom stereocenters. The summed E-state index contributed by atoms with van der Waals surface area (Å²) in [6.07, 6.45) is 0. The molecule has 0 aliphatic heterocycles. The number of H-pyrrole nitrogens is 1. The molecule has 30 heavy (non-hydrogen) atoms. The molecule has 0 aliphatic carbocycles. The van der Waals surface area contributed by atoms with E-state index in [1.165, 1.54) is 10.7 Å². The van der Waals surface area contributed by atoms with Gasteiger partial charge in [0.25, 0.3) is 5.56 Å². The van der Waals surface area contributed by atoms with Crippen LogP contribution in [0.3, 0.4) is 0 Å². The maximum atomic E-state index is 12.5. The number of amides is 2. The minimum Gasteiger partial charge on any atom is -0.341 e. The van der Waals surface area contributed by atoms with Gasteiger partial charge in [0.2, 0.25) is 5.95 Å². The minimum absolute atomic E-state index is 0.0333. The molecule has 3 rings (SSSR count). The zero-order chi connectivity index (χ0) is 21.8. The molecule has 0 saturated carbocycles. The maximum absolute atomic E-state index is 12.5. The van der Waals surface area contributed by atoms with Crippen LogP contribution in [0.1, 0.15) is 49.7 Å². The predicted octanol–water partition coefficient (Wildman–Crippen LogP) is 2.20. The molecule has 9 nitrogen and oxygen atoms in total. The highest BCUT2D eigenvalue weighted by Crippen LogP contribution is 2.16. The smallest absolute Gasteiger partial charge is 0.314 e. The lowest BCUT2D eigenvalue weighted by Crippen LogP contribution is -2.37. The minimum atomic E-state index is -0.846. The Hall–Kier alpha value is -3.75. The Bertz CT molecular complexity index is 1120. The summed E-state index contributed by atoms with van der Waals surface area (Å²) in [5, 5.41) is 9.48. The van der Waals surface area contributed by atoms with E-state index in [9.17, 15) is 14.4 Å². The van der Waals surface area contributed by atoms with E-state index >= 15 is 0 Å². The molecule has 156 valence electrons. The van der Waals surface area contributed by atoms with Crippen LogP contribution in [0.4, 0.5) is 5.82 Å². The number of benzene rings is 1. The molecule has 1 unspecified atom stereocenters. The third-order valence-corrected chi connectivity index (χ3v) is 4.47. The van der Waals surface area contributed by atoms with E-state index in [4.69, 9.17) is 0 Å². The summed E-state index contributed by atoms with van der Waals surface area (Å²) >= 11 is 0. The van der Waals surface area contributed by atoms with Crippen molar-refractivity contribution in [2.45, 2.75) is 39.7 Å². The topological polar surface area (TPSA) is 122 Å². The third kappa shape index (κ3) is 4.80. The van der Waals surface area contributed by atoms with Crippen LogP contribution in [0.5, 0.6) is 0 Å². The zero-order valence-electron chi connectivity index (χ0n) is 17.3. The van der Waals surface area contributed by atoms with Gasteiger partial charge in [-0.2, -0.15) is 9.78 Å². The molecule has 0 aliphatic rings. The van der Waals surface area contributed by atoms with E-state index in [1.807, 2.05) is 44.2 Å². The second-order valence-corrected chi connectivity index (χ2v) is 7.29. The first-order valence-electron chi connectivity index (χ1n) is 9.59. The third-order valence-electron chi connectivity index (χ3n) is 4.47. The number of carbonyl (C=O) groups excluding carboxylic acids is 2. The molecule has 0 fully saturated rings. The molecule has 0 spiro atoms. The molecule has 2 heterocycles. The standard InChI is InChI=1S/C21H24N6O3/c1-12(2)16-11-18(28)25-21(23-16)27-17(10-13(3)26-27)24-20(30)19(29)22-14(4)15-8-6-5-7-9-15/h5-12,14H,1-4H3,(H,22,29)(H,24,30)(H,23,25,28). The van der Waals surface area contributed by atoms with E-state index in [2.05, 4.69) is 25.7 Å². The molecule has 3 aromatic rings. The van der Waals surface area contributed by atoms with Gasteiger partial charge in [0, 0.05) is 12.1 Å². The number of hydrogen-bond donors (Lipinski definition) is 3. The van der Waals surface area contributed by atoms with Gasteiger partial charge in [-0.15, -0.1) is 0 Å². The van der Waals surface area contributed by atoms with Crippen LogP contribution in [0.15, 0.2) is 47.3 Å². The maximum Gasteiger partial charge on any atom is 0.314 e. The summed E-state index contributed by atoms with van der Waals surface area (Å²) in [6, 6.07) is 12.0. The van der Waals surface area contributed by atoms with E-state index in [0.29, 0.717) is 11.4 Å². The summed E-state index contributed by atoms with van der Waals surface area (Å²) in [5.74, 6) is -1.21. The highest BCUT2D eigenvalue weighted by molar-refractivity contribution is 6.39. The van der Waals surface area contributed by atoms with Crippen molar-refractivity contribution in [3.05, 3.63) is 69.8 Å². The second-order valence-electron chi connectivity index (χ2n) is 7.29. The van der Waals surface area contributed by atoms with Crippen LogP contribution in [0, 0.1) is 6.92 Å². The SMILES string of the molecule is Cc1cc(NC(=O)C(=O)NC(C)c2ccccc2)n(-c2nc(C(C)C)cc(=O)[nH]2)n1. The number of nitrogens with zero attached hydrogens (tertiary/aromatic N) is 3. The van der Waals surface area contributed by atoms with Gasteiger partial charge in [0.1, 0.15) is 5.82 Å². The number of hydrogen-bond acceptors (Lipinski definition) is 5. The quantitative estimate of drug-likeness (QED) is 0.559. The predicted molar refractivity (Wildman–Crippen MR) is 112 cm³/mol. The van der Waals surface area contributed by atoms with Crippen molar-refractivity contribution in [2.75, 3.05) is 5.32 Å². The molecule has 0 saturated heterocycles. The summed E-state index contributed by atoms with van der Waals surface area (Å²) in [4.78, 5) is 43.8. The number of carbonyl (C=O) groups is 2. The van der Waals surface area contributed by atoms with Gasteiger partial charge in [-0.25, -0.2) is 4.98 Å². The van der Waals surface area contributed by atoms with Crippen molar-refractivity contribution in [3.63, 3.8) is 0 Å². The number of anilines is 1. The Labute approximate surface area is 173 Å². The number of nitrogens with one attached hydrogen (secondary N) is 3. The van der Waals surface area contributed by atoms with Crippen molar-refractivity contribution in [3.8, 4) is 5.95 Å². The van der Waals surface area contributed by atoms with E-state index in [0.717, 1.165) is 5.56 Å². The van der Waals surface area contributed by atoms with Crippen molar-refractivity contribution >= 4 is 17.6 Å².